The number of ketones is 1. The van der Waals surface area contributed by atoms with Crippen LogP contribution in [0, 0.1) is 0 Å². The van der Waals surface area contributed by atoms with Crippen molar-refractivity contribution in [3.8, 4) is 0 Å². The van der Waals surface area contributed by atoms with Gasteiger partial charge in [0.15, 0.2) is 5.78 Å². The van der Waals surface area contributed by atoms with Crippen molar-refractivity contribution in [2.24, 2.45) is 0 Å². The molecule has 118 valence electrons. The maximum Gasteiger partial charge on any atom is 0.183 e. The van der Waals surface area contributed by atoms with Crippen LogP contribution in [0.15, 0.2) is 24.3 Å². The van der Waals surface area contributed by atoms with Crippen LogP contribution in [0.4, 0.5) is 5.69 Å². The van der Waals surface area contributed by atoms with Crippen molar-refractivity contribution < 1.29 is 25.2 Å². The second kappa shape index (κ2) is 8.31. The predicted octanol–water partition coefficient (Wildman–Crippen LogP) is -0.190. The molecular formula is C14H20ClNO5. The van der Waals surface area contributed by atoms with E-state index in [1.54, 1.807) is 29.2 Å². The Hall–Kier alpha value is -1.18. The number of rotatable bonds is 8. The highest BCUT2D eigenvalue weighted by atomic mass is 35.5. The lowest BCUT2D eigenvalue weighted by Gasteiger charge is -2.26. The van der Waals surface area contributed by atoms with Crippen molar-refractivity contribution in [2.45, 2.75) is 25.2 Å². The molecule has 0 saturated carbocycles. The molecule has 6 nitrogen and oxygen atoms in total. The molecule has 0 fully saturated rings. The van der Waals surface area contributed by atoms with Gasteiger partial charge in [-0.15, -0.1) is 0 Å². The quantitative estimate of drug-likeness (QED) is 0.530. The number of Topliss-reactive ketones (excluding diaryl/α,β-unsaturated/α-hetero) is 1. The summed E-state index contributed by atoms with van der Waals surface area (Å²) in [6.07, 6.45) is -5.03. The summed E-state index contributed by atoms with van der Waals surface area (Å²) in [5.41, 5.74) is 0.750. The van der Waals surface area contributed by atoms with Crippen molar-refractivity contribution in [3.05, 3.63) is 29.3 Å². The molecule has 3 atom stereocenters. The van der Waals surface area contributed by atoms with Gasteiger partial charge >= 0.3 is 0 Å². The maximum absolute atomic E-state index is 11.9. The molecule has 7 heteroatoms. The van der Waals surface area contributed by atoms with E-state index in [-0.39, 0.29) is 6.54 Å². The fourth-order valence-electron chi connectivity index (χ4n) is 1.83. The Labute approximate surface area is 128 Å². The first-order valence-electron chi connectivity index (χ1n) is 6.59. The van der Waals surface area contributed by atoms with Gasteiger partial charge < -0.3 is 25.3 Å². The van der Waals surface area contributed by atoms with Gasteiger partial charge in [0.05, 0.1) is 13.2 Å². The summed E-state index contributed by atoms with van der Waals surface area (Å²) in [5.74, 6) is -0.646. The number of hydrogen-bond acceptors (Lipinski definition) is 6. The Morgan fingerprint density at radius 3 is 2.29 bits per heavy atom. The molecule has 1 rings (SSSR count). The minimum atomic E-state index is -1.76. The average Bonchev–Trinajstić information content (AvgIpc) is 2.50. The van der Waals surface area contributed by atoms with E-state index in [9.17, 15) is 20.1 Å². The molecule has 0 unspecified atom stereocenters. The molecule has 4 N–H and O–H groups in total. The van der Waals surface area contributed by atoms with Crippen LogP contribution in [-0.2, 0) is 4.79 Å². The van der Waals surface area contributed by atoms with E-state index in [1.807, 2.05) is 6.92 Å². The Balaban J connectivity index is 2.72. The lowest BCUT2D eigenvalue weighted by atomic mass is 10.0. The first-order chi connectivity index (χ1) is 9.90. The number of anilines is 1. The van der Waals surface area contributed by atoms with Gasteiger partial charge in [0.1, 0.15) is 18.3 Å². The molecule has 0 aromatic heterocycles. The lowest BCUT2D eigenvalue weighted by Crippen LogP contribution is -2.47. The van der Waals surface area contributed by atoms with Gasteiger partial charge in [-0.1, -0.05) is 11.6 Å². The average molecular weight is 318 g/mol. The van der Waals surface area contributed by atoms with Crippen LogP contribution < -0.4 is 4.90 Å². The third-order valence-corrected chi connectivity index (χ3v) is 3.41. The van der Waals surface area contributed by atoms with Gasteiger partial charge in [0.25, 0.3) is 0 Å². The van der Waals surface area contributed by atoms with Gasteiger partial charge in [-0.3, -0.25) is 4.79 Å². The number of benzene rings is 1. The summed E-state index contributed by atoms with van der Waals surface area (Å²) in [7, 11) is 0. The van der Waals surface area contributed by atoms with Crippen molar-refractivity contribution in [2.75, 3.05) is 24.6 Å². The molecule has 0 aliphatic carbocycles. The summed E-state index contributed by atoms with van der Waals surface area (Å²) >= 11 is 5.80. The zero-order chi connectivity index (χ0) is 16.0. The third-order valence-electron chi connectivity index (χ3n) is 3.15. The number of nitrogens with zero attached hydrogens (tertiary/aromatic N) is 1. The number of carbonyl (C=O) groups excluding carboxylic acids is 1. The van der Waals surface area contributed by atoms with E-state index in [2.05, 4.69) is 0 Å². The Bertz CT molecular complexity index is 453. The standard InChI is InChI=1S/C14H20ClNO5/c1-2-16(10-5-3-9(15)4-6-10)7-11(18)13(20)14(21)12(19)8-17/h3-6,12-14,17,19-21H,2,7-8H2,1H3/t12-,13-,14-/m1/s1. The SMILES string of the molecule is CCN(CC(=O)[C@@H](O)[C@H](O)[C@H](O)CO)c1ccc(Cl)cc1. The normalized spacial score (nSPS) is 15.3. The summed E-state index contributed by atoms with van der Waals surface area (Å²) in [5, 5.41) is 37.8. The van der Waals surface area contributed by atoms with E-state index < -0.39 is 30.7 Å². The third kappa shape index (κ3) is 4.94. The van der Waals surface area contributed by atoms with E-state index >= 15 is 0 Å². The molecule has 0 heterocycles. The zero-order valence-corrected chi connectivity index (χ0v) is 12.4. The largest absolute Gasteiger partial charge is 0.394 e. The monoisotopic (exact) mass is 317 g/mol. The number of carbonyl (C=O) groups is 1. The van der Waals surface area contributed by atoms with Crippen LogP contribution in [-0.4, -0.2) is 64.2 Å². The molecular weight excluding hydrogens is 298 g/mol. The smallest absolute Gasteiger partial charge is 0.183 e. The number of aliphatic hydroxyl groups is 4. The second-order valence-electron chi connectivity index (χ2n) is 4.64. The van der Waals surface area contributed by atoms with E-state index in [0.717, 1.165) is 5.69 Å². The van der Waals surface area contributed by atoms with Crippen LogP contribution in [0.2, 0.25) is 5.02 Å². The van der Waals surface area contributed by atoms with E-state index in [0.29, 0.717) is 11.6 Å². The summed E-state index contributed by atoms with van der Waals surface area (Å²) in [6, 6.07) is 6.85. The van der Waals surface area contributed by atoms with Gasteiger partial charge in [-0.2, -0.15) is 0 Å². The van der Waals surface area contributed by atoms with Crippen LogP contribution >= 0.6 is 11.6 Å². The van der Waals surface area contributed by atoms with Crippen molar-refractivity contribution in [1.29, 1.82) is 0 Å². The Morgan fingerprint density at radius 2 is 1.81 bits per heavy atom. The summed E-state index contributed by atoms with van der Waals surface area (Å²) in [4.78, 5) is 13.6. The number of halogens is 1. The summed E-state index contributed by atoms with van der Waals surface area (Å²) in [6.45, 7) is 1.49. The maximum atomic E-state index is 11.9. The van der Waals surface area contributed by atoms with Crippen LogP contribution in [0.3, 0.4) is 0 Å². The minimum Gasteiger partial charge on any atom is -0.394 e. The number of hydrogen-bond donors (Lipinski definition) is 4. The van der Waals surface area contributed by atoms with Crippen molar-refractivity contribution in [3.63, 3.8) is 0 Å². The molecule has 0 aliphatic rings. The number of aliphatic hydroxyl groups excluding tert-OH is 4. The van der Waals surface area contributed by atoms with Gasteiger partial charge in [-0.05, 0) is 31.2 Å². The molecule has 0 bridgehead atoms. The fraction of sp³-hybridized carbons (Fsp3) is 0.500. The van der Waals surface area contributed by atoms with Crippen LogP contribution in [0.5, 0.6) is 0 Å². The fourth-order valence-corrected chi connectivity index (χ4v) is 1.95. The molecule has 0 saturated heterocycles. The Morgan fingerprint density at radius 1 is 1.24 bits per heavy atom. The van der Waals surface area contributed by atoms with Crippen LogP contribution in [0.25, 0.3) is 0 Å². The molecule has 0 amide bonds. The minimum absolute atomic E-state index is 0.130. The Kier molecular flexibility index (Phi) is 7.07. The highest BCUT2D eigenvalue weighted by Gasteiger charge is 2.30. The number of likely N-dealkylation sites (N-methyl/N-ethyl adjacent to an activating group) is 1. The summed E-state index contributed by atoms with van der Waals surface area (Å²) < 4.78 is 0. The molecule has 1 aromatic rings. The van der Waals surface area contributed by atoms with Crippen LogP contribution in [0.1, 0.15) is 6.92 Å². The van der Waals surface area contributed by atoms with E-state index in [4.69, 9.17) is 16.7 Å². The first-order valence-corrected chi connectivity index (χ1v) is 6.96. The van der Waals surface area contributed by atoms with Gasteiger partial charge in [0.2, 0.25) is 0 Å². The van der Waals surface area contributed by atoms with Gasteiger partial charge in [0, 0.05) is 17.3 Å². The predicted molar refractivity (Wildman–Crippen MR) is 79.5 cm³/mol. The van der Waals surface area contributed by atoms with Crippen molar-refractivity contribution >= 4 is 23.1 Å². The highest BCUT2D eigenvalue weighted by molar-refractivity contribution is 6.30. The first kappa shape index (κ1) is 17.9. The van der Waals surface area contributed by atoms with Gasteiger partial charge in [-0.25, -0.2) is 0 Å². The zero-order valence-electron chi connectivity index (χ0n) is 11.7. The molecule has 21 heavy (non-hydrogen) atoms. The molecule has 0 aliphatic heterocycles. The topological polar surface area (TPSA) is 101 Å². The van der Waals surface area contributed by atoms with Crippen molar-refractivity contribution in [1.82, 2.24) is 0 Å². The lowest BCUT2D eigenvalue weighted by molar-refractivity contribution is -0.138. The molecule has 0 spiro atoms. The molecule has 1 aromatic carbocycles. The molecule has 0 radical (unpaired) electrons. The second-order valence-corrected chi connectivity index (χ2v) is 5.08. The van der Waals surface area contributed by atoms with E-state index in [1.165, 1.54) is 0 Å². The highest BCUT2D eigenvalue weighted by Crippen LogP contribution is 2.18.